The van der Waals surface area contributed by atoms with E-state index in [4.69, 9.17) is 16.7 Å². The molecule has 1 N–H and O–H groups in total. The highest BCUT2D eigenvalue weighted by molar-refractivity contribution is 6.32. The number of aliphatic hydroxyl groups excluding tert-OH is 1. The van der Waals surface area contributed by atoms with Gasteiger partial charge >= 0.3 is 0 Å². The van der Waals surface area contributed by atoms with Crippen LogP contribution < -0.4 is 0 Å². The molecule has 0 atom stereocenters. The van der Waals surface area contributed by atoms with Gasteiger partial charge in [0, 0.05) is 0 Å². The molecule has 0 saturated carbocycles. The van der Waals surface area contributed by atoms with Crippen molar-refractivity contribution in [3.05, 3.63) is 28.3 Å². The molecule has 1 rings (SSSR count). The van der Waals surface area contributed by atoms with E-state index in [-0.39, 0.29) is 5.69 Å². The Hall–Kier alpha value is -0.810. The molecule has 1 heterocycles. The molecule has 0 aliphatic heterocycles. The Bertz CT molecular complexity index is 319. The van der Waals surface area contributed by atoms with E-state index in [2.05, 4.69) is 4.98 Å². The summed E-state index contributed by atoms with van der Waals surface area (Å²) in [6.45, 7) is -0.598. The summed E-state index contributed by atoms with van der Waals surface area (Å²) >= 11 is 5.37. The fraction of sp³-hybridized carbons (Fsp3) is 0.286. The van der Waals surface area contributed by atoms with E-state index < -0.39 is 29.4 Å². The molecule has 0 fully saturated rings. The summed E-state index contributed by atoms with van der Waals surface area (Å²) in [7, 11) is 0. The summed E-state index contributed by atoms with van der Waals surface area (Å²) in [5.41, 5.74) is -1.07. The minimum absolute atomic E-state index is 0.154. The molecule has 13 heavy (non-hydrogen) atoms. The Labute approximate surface area is 77.0 Å². The molecule has 1 aromatic rings. The van der Waals surface area contributed by atoms with Crippen LogP contribution in [0.2, 0.25) is 5.02 Å². The second kappa shape index (κ2) is 3.93. The summed E-state index contributed by atoms with van der Waals surface area (Å²) in [5.74, 6) is -1.17. The molecule has 2 nitrogen and oxygen atoms in total. The lowest BCUT2D eigenvalue weighted by Crippen LogP contribution is -2.00. The van der Waals surface area contributed by atoms with E-state index >= 15 is 0 Å². The fourth-order valence-electron chi connectivity index (χ4n) is 0.831. The Kier molecular flexibility index (Phi) is 3.11. The van der Waals surface area contributed by atoms with E-state index in [0.717, 1.165) is 0 Å². The van der Waals surface area contributed by atoms with Crippen LogP contribution in [-0.4, -0.2) is 10.1 Å². The van der Waals surface area contributed by atoms with Gasteiger partial charge in [0.05, 0.1) is 29.1 Å². The van der Waals surface area contributed by atoms with Gasteiger partial charge in [-0.1, -0.05) is 11.6 Å². The lowest BCUT2D eigenvalue weighted by atomic mass is 10.2. The second-order valence-electron chi connectivity index (χ2n) is 2.24. The minimum atomic E-state index is -3.01. The molecule has 0 spiro atoms. The first-order valence-electron chi connectivity index (χ1n) is 3.29. The molecular weight excluding hydrogens is 207 g/mol. The molecule has 0 bridgehead atoms. The van der Waals surface area contributed by atoms with E-state index in [1.165, 1.54) is 0 Å². The topological polar surface area (TPSA) is 33.1 Å². The van der Waals surface area contributed by atoms with Crippen molar-refractivity contribution >= 4 is 11.6 Å². The summed E-state index contributed by atoms with van der Waals surface area (Å²) in [6, 6.07) is 0. The molecule has 0 aromatic carbocycles. The van der Waals surface area contributed by atoms with Gasteiger partial charge in [0.1, 0.15) is 0 Å². The van der Waals surface area contributed by atoms with Crippen molar-refractivity contribution in [1.29, 1.82) is 0 Å². The number of aromatic nitrogens is 1. The van der Waals surface area contributed by atoms with Crippen molar-refractivity contribution in [3.63, 3.8) is 0 Å². The lowest BCUT2D eigenvalue weighted by Gasteiger charge is -2.06. The summed E-state index contributed by atoms with van der Waals surface area (Å²) < 4.78 is 37.1. The Morgan fingerprint density at radius 2 is 2.15 bits per heavy atom. The largest absolute Gasteiger partial charge is 0.390 e. The maximum Gasteiger partial charge on any atom is 0.268 e. The monoisotopic (exact) mass is 211 g/mol. The van der Waals surface area contributed by atoms with Crippen LogP contribution >= 0.6 is 11.6 Å². The summed E-state index contributed by atoms with van der Waals surface area (Å²) in [6.07, 6.45) is -2.40. The van der Waals surface area contributed by atoms with Crippen molar-refractivity contribution in [2.45, 2.75) is 13.0 Å². The van der Waals surface area contributed by atoms with Crippen LogP contribution in [0.3, 0.4) is 0 Å². The van der Waals surface area contributed by atoms with Gasteiger partial charge < -0.3 is 5.11 Å². The molecule has 6 heteroatoms. The third-order valence-corrected chi connectivity index (χ3v) is 1.87. The Balaban J connectivity index is 3.30. The highest BCUT2D eigenvalue weighted by Crippen LogP contribution is 2.30. The number of halogens is 4. The standard InChI is InChI=1S/C7H5ClF3NO/c8-6-4(2-13)12-1-3(9)5(6)7(10)11/h1,7,13H,2H2. The van der Waals surface area contributed by atoms with E-state index in [9.17, 15) is 13.2 Å². The first kappa shape index (κ1) is 10.3. The number of hydrogen-bond donors (Lipinski definition) is 1. The van der Waals surface area contributed by atoms with Gasteiger partial charge in [-0.25, -0.2) is 13.2 Å². The van der Waals surface area contributed by atoms with Crippen molar-refractivity contribution in [3.8, 4) is 0 Å². The predicted molar refractivity (Wildman–Crippen MR) is 40.1 cm³/mol. The van der Waals surface area contributed by atoms with Gasteiger partial charge in [0.15, 0.2) is 5.82 Å². The molecule has 0 saturated heterocycles. The van der Waals surface area contributed by atoms with Gasteiger partial charge in [-0.15, -0.1) is 0 Å². The number of pyridine rings is 1. The average molecular weight is 212 g/mol. The molecule has 0 radical (unpaired) electrons. The highest BCUT2D eigenvalue weighted by Gasteiger charge is 2.20. The van der Waals surface area contributed by atoms with Gasteiger partial charge in [0.2, 0.25) is 0 Å². The van der Waals surface area contributed by atoms with Gasteiger partial charge in [-0.3, -0.25) is 4.98 Å². The van der Waals surface area contributed by atoms with Crippen molar-refractivity contribution < 1.29 is 18.3 Å². The van der Waals surface area contributed by atoms with Crippen LogP contribution in [0, 0.1) is 5.82 Å². The number of rotatable bonds is 2. The van der Waals surface area contributed by atoms with Crippen LogP contribution in [-0.2, 0) is 6.61 Å². The SMILES string of the molecule is OCc1ncc(F)c(C(F)F)c1Cl. The number of hydrogen-bond acceptors (Lipinski definition) is 2. The van der Waals surface area contributed by atoms with E-state index in [1.54, 1.807) is 0 Å². The van der Waals surface area contributed by atoms with E-state index in [1.807, 2.05) is 0 Å². The maximum atomic E-state index is 12.7. The second-order valence-corrected chi connectivity index (χ2v) is 2.62. The Morgan fingerprint density at radius 1 is 1.54 bits per heavy atom. The molecular formula is C7H5ClF3NO. The smallest absolute Gasteiger partial charge is 0.268 e. The van der Waals surface area contributed by atoms with Crippen molar-refractivity contribution in [1.82, 2.24) is 4.98 Å². The zero-order valence-corrected chi connectivity index (χ0v) is 7.02. The third kappa shape index (κ3) is 1.92. The zero-order chi connectivity index (χ0) is 10.0. The number of alkyl halides is 2. The zero-order valence-electron chi connectivity index (χ0n) is 6.27. The molecule has 0 aliphatic rings. The quantitative estimate of drug-likeness (QED) is 0.814. The molecule has 72 valence electrons. The fourth-order valence-corrected chi connectivity index (χ4v) is 1.11. The Morgan fingerprint density at radius 3 is 2.62 bits per heavy atom. The van der Waals surface area contributed by atoms with Crippen LogP contribution in [0.5, 0.6) is 0 Å². The third-order valence-electron chi connectivity index (χ3n) is 1.45. The average Bonchev–Trinajstić information content (AvgIpc) is 2.04. The first-order chi connectivity index (χ1) is 6.07. The molecule has 0 aliphatic carbocycles. The van der Waals surface area contributed by atoms with Crippen molar-refractivity contribution in [2.75, 3.05) is 0 Å². The number of nitrogens with zero attached hydrogens (tertiary/aromatic N) is 1. The van der Waals surface area contributed by atoms with Gasteiger partial charge in [-0.05, 0) is 0 Å². The van der Waals surface area contributed by atoms with Crippen LogP contribution in [0.4, 0.5) is 13.2 Å². The number of aliphatic hydroxyl groups is 1. The molecule has 1 aromatic heterocycles. The van der Waals surface area contributed by atoms with Gasteiger partial charge in [-0.2, -0.15) is 0 Å². The summed E-state index contributed by atoms with van der Waals surface area (Å²) in [5, 5.41) is 8.09. The van der Waals surface area contributed by atoms with Gasteiger partial charge in [0.25, 0.3) is 6.43 Å². The van der Waals surface area contributed by atoms with Crippen LogP contribution in [0.25, 0.3) is 0 Å². The van der Waals surface area contributed by atoms with Crippen molar-refractivity contribution in [2.24, 2.45) is 0 Å². The normalized spacial score (nSPS) is 10.9. The van der Waals surface area contributed by atoms with Crippen LogP contribution in [0.15, 0.2) is 6.20 Å². The molecule has 0 unspecified atom stereocenters. The van der Waals surface area contributed by atoms with Crippen LogP contribution in [0.1, 0.15) is 17.7 Å². The molecule has 0 amide bonds. The minimum Gasteiger partial charge on any atom is -0.390 e. The highest BCUT2D eigenvalue weighted by atomic mass is 35.5. The maximum absolute atomic E-state index is 12.7. The predicted octanol–water partition coefficient (Wildman–Crippen LogP) is 2.30. The van der Waals surface area contributed by atoms with E-state index in [0.29, 0.717) is 6.20 Å². The summed E-state index contributed by atoms with van der Waals surface area (Å²) in [4.78, 5) is 3.35. The lowest BCUT2D eigenvalue weighted by molar-refractivity contribution is 0.146. The first-order valence-corrected chi connectivity index (χ1v) is 3.67.